The summed E-state index contributed by atoms with van der Waals surface area (Å²) in [6, 6.07) is 11.3. The molecule has 88 valence electrons. The van der Waals surface area contributed by atoms with Gasteiger partial charge in [-0.25, -0.2) is 4.79 Å². The van der Waals surface area contributed by atoms with Crippen molar-refractivity contribution in [2.75, 3.05) is 7.11 Å². The third-order valence-corrected chi connectivity index (χ3v) is 3.15. The van der Waals surface area contributed by atoms with Crippen molar-refractivity contribution in [1.82, 2.24) is 0 Å². The van der Waals surface area contributed by atoms with Gasteiger partial charge in [0.2, 0.25) is 0 Å². The number of ether oxygens (including phenoxy) is 1. The molecule has 0 heterocycles. The van der Waals surface area contributed by atoms with E-state index in [4.69, 9.17) is 0 Å². The van der Waals surface area contributed by atoms with Crippen molar-refractivity contribution in [3.05, 3.63) is 51.8 Å². The van der Waals surface area contributed by atoms with Crippen LogP contribution in [0, 0.1) is 0 Å². The minimum atomic E-state index is -0.511. The van der Waals surface area contributed by atoms with E-state index >= 15 is 0 Å². The van der Waals surface area contributed by atoms with Crippen LogP contribution >= 0.6 is 0 Å². The first-order chi connectivity index (χ1) is 8.72. The molecule has 3 rings (SSSR count). The minimum absolute atomic E-state index is 0.118. The molecule has 0 atom stereocenters. The fraction of sp³-hybridized carbons (Fsp3) is 0.0667. The Labute approximate surface area is 103 Å². The second-order valence-corrected chi connectivity index (χ2v) is 4.12. The summed E-state index contributed by atoms with van der Waals surface area (Å²) in [7, 11) is 1.30. The van der Waals surface area contributed by atoms with E-state index in [1.807, 2.05) is 30.3 Å². The summed E-state index contributed by atoms with van der Waals surface area (Å²) in [5.41, 5.74) is -0.118. The SMILES string of the molecule is COC(=O)/C=c1\c(=O)c2cccc3cccc1c32. The van der Waals surface area contributed by atoms with E-state index in [-0.39, 0.29) is 5.43 Å². The quantitative estimate of drug-likeness (QED) is 0.603. The smallest absolute Gasteiger partial charge is 0.331 e. The van der Waals surface area contributed by atoms with Gasteiger partial charge in [0.1, 0.15) is 0 Å². The van der Waals surface area contributed by atoms with Crippen LogP contribution in [0.3, 0.4) is 0 Å². The Morgan fingerprint density at radius 3 is 2.44 bits per heavy atom. The maximum Gasteiger partial charge on any atom is 0.331 e. The Balaban J connectivity index is 2.58. The van der Waals surface area contributed by atoms with Gasteiger partial charge in [-0.1, -0.05) is 36.4 Å². The number of carbonyl (C=O) groups excluding carboxylic acids is 1. The number of benzene rings is 2. The number of carbonyl (C=O) groups is 1. The molecule has 0 amide bonds. The number of hydrogen-bond donors (Lipinski definition) is 0. The van der Waals surface area contributed by atoms with E-state index in [1.54, 1.807) is 6.07 Å². The predicted molar refractivity (Wildman–Crippen MR) is 70.6 cm³/mol. The van der Waals surface area contributed by atoms with Crippen LogP contribution in [0.25, 0.3) is 27.6 Å². The van der Waals surface area contributed by atoms with Crippen molar-refractivity contribution in [2.45, 2.75) is 0 Å². The number of methoxy groups -OCH3 is 1. The lowest BCUT2D eigenvalue weighted by Gasteiger charge is -1.96. The molecule has 0 aliphatic rings. The van der Waals surface area contributed by atoms with Crippen LogP contribution in [0.5, 0.6) is 0 Å². The zero-order valence-corrected chi connectivity index (χ0v) is 9.77. The third kappa shape index (κ3) is 1.37. The zero-order valence-electron chi connectivity index (χ0n) is 9.77. The summed E-state index contributed by atoms with van der Waals surface area (Å²) in [4.78, 5) is 23.6. The van der Waals surface area contributed by atoms with Crippen LogP contribution in [-0.2, 0) is 9.53 Å². The molecule has 0 spiro atoms. The van der Waals surface area contributed by atoms with Crippen LogP contribution in [0.4, 0.5) is 0 Å². The van der Waals surface area contributed by atoms with Crippen LogP contribution < -0.4 is 10.6 Å². The molecular weight excluding hydrogens is 228 g/mol. The standard InChI is InChI=1S/C15H10O3/c1-18-13(16)8-12-10-6-2-4-9-5-3-7-11(14(9)10)15(12)17/h2-8H,1H3/b12-8-. The van der Waals surface area contributed by atoms with Gasteiger partial charge in [-0.05, 0) is 10.8 Å². The van der Waals surface area contributed by atoms with Crippen molar-refractivity contribution in [3.63, 3.8) is 0 Å². The van der Waals surface area contributed by atoms with Gasteiger partial charge in [0.25, 0.3) is 0 Å². The first-order valence-corrected chi connectivity index (χ1v) is 5.59. The average Bonchev–Trinajstić information content (AvgIpc) is 2.67. The van der Waals surface area contributed by atoms with E-state index < -0.39 is 5.97 Å². The topological polar surface area (TPSA) is 43.4 Å². The fourth-order valence-corrected chi connectivity index (χ4v) is 2.34. The van der Waals surface area contributed by atoms with Crippen molar-refractivity contribution in [2.24, 2.45) is 0 Å². The summed E-state index contributed by atoms with van der Waals surface area (Å²) >= 11 is 0. The monoisotopic (exact) mass is 238 g/mol. The summed E-state index contributed by atoms with van der Waals surface area (Å²) in [6.07, 6.45) is 1.26. The summed E-state index contributed by atoms with van der Waals surface area (Å²) in [5, 5.41) is 3.79. The van der Waals surface area contributed by atoms with Gasteiger partial charge in [-0.3, -0.25) is 4.79 Å². The highest BCUT2D eigenvalue weighted by Crippen LogP contribution is 2.22. The highest BCUT2D eigenvalue weighted by molar-refractivity contribution is 6.14. The first kappa shape index (κ1) is 10.7. The Hall–Kier alpha value is -2.42. The molecule has 0 saturated carbocycles. The molecule has 18 heavy (non-hydrogen) atoms. The lowest BCUT2D eigenvalue weighted by molar-refractivity contribution is -0.133. The number of rotatable bonds is 1. The molecule has 3 aromatic rings. The van der Waals surface area contributed by atoms with Crippen LogP contribution in [0.1, 0.15) is 0 Å². The Kier molecular flexibility index (Phi) is 2.27. The van der Waals surface area contributed by atoms with Crippen molar-refractivity contribution in [1.29, 1.82) is 0 Å². The largest absolute Gasteiger partial charge is 0.466 e. The maximum absolute atomic E-state index is 12.3. The fourth-order valence-electron chi connectivity index (χ4n) is 2.34. The van der Waals surface area contributed by atoms with Gasteiger partial charge in [0, 0.05) is 22.1 Å². The van der Waals surface area contributed by atoms with Gasteiger partial charge < -0.3 is 4.74 Å². The molecular formula is C15H10O3. The Morgan fingerprint density at radius 2 is 1.78 bits per heavy atom. The van der Waals surface area contributed by atoms with Crippen molar-refractivity contribution in [3.8, 4) is 0 Å². The third-order valence-electron chi connectivity index (χ3n) is 3.15. The number of hydrogen-bond acceptors (Lipinski definition) is 3. The molecule has 0 aromatic heterocycles. The highest BCUT2D eigenvalue weighted by Gasteiger charge is 2.11. The summed E-state index contributed by atoms with van der Waals surface area (Å²) < 4.78 is 4.59. The molecule has 0 unspecified atom stereocenters. The second kappa shape index (κ2) is 3.81. The molecule has 0 bridgehead atoms. The lowest BCUT2D eigenvalue weighted by Crippen LogP contribution is -2.21. The van der Waals surface area contributed by atoms with E-state index in [9.17, 15) is 9.59 Å². The average molecular weight is 238 g/mol. The van der Waals surface area contributed by atoms with E-state index in [2.05, 4.69) is 4.74 Å². The predicted octanol–water partition coefficient (Wildman–Crippen LogP) is 1.46. The van der Waals surface area contributed by atoms with Gasteiger partial charge in [0.05, 0.1) is 7.11 Å². The van der Waals surface area contributed by atoms with Crippen LogP contribution in [0.2, 0.25) is 0 Å². The zero-order chi connectivity index (χ0) is 12.7. The molecule has 0 aliphatic heterocycles. The molecule has 3 nitrogen and oxygen atoms in total. The van der Waals surface area contributed by atoms with E-state index in [0.717, 1.165) is 16.2 Å². The maximum atomic E-state index is 12.3. The van der Waals surface area contributed by atoms with Crippen LogP contribution in [-0.4, -0.2) is 13.1 Å². The molecule has 0 N–H and O–H groups in total. The van der Waals surface area contributed by atoms with Crippen LogP contribution in [0.15, 0.2) is 41.2 Å². The summed E-state index contributed by atoms with van der Waals surface area (Å²) in [5.74, 6) is -0.511. The van der Waals surface area contributed by atoms with Gasteiger partial charge in [0.15, 0.2) is 5.43 Å². The Bertz CT molecular complexity index is 844. The van der Waals surface area contributed by atoms with Gasteiger partial charge >= 0.3 is 5.97 Å². The van der Waals surface area contributed by atoms with E-state index in [1.165, 1.54) is 13.2 Å². The summed E-state index contributed by atoms with van der Waals surface area (Å²) in [6.45, 7) is 0. The highest BCUT2D eigenvalue weighted by atomic mass is 16.5. The molecule has 0 saturated heterocycles. The lowest BCUT2D eigenvalue weighted by atomic mass is 10.1. The first-order valence-electron chi connectivity index (χ1n) is 5.59. The van der Waals surface area contributed by atoms with Gasteiger partial charge in [-0.2, -0.15) is 0 Å². The van der Waals surface area contributed by atoms with Crippen molar-refractivity contribution < 1.29 is 9.53 Å². The molecule has 3 aromatic carbocycles. The van der Waals surface area contributed by atoms with Crippen molar-refractivity contribution >= 4 is 33.6 Å². The Morgan fingerprint density at radius 1 is 1.11 bits per heavy atom. The second-order valence-electron chi connectivity index (χ2n) is 4.12. The number of esters is 1. The molecule has 3 heteroatoms. The molecule has 0 aliphatic carbocycles. The molecule has 0 fully saturated rings. The van der Waals surface area contributed by atoms with Gasteiger partial charge in [-0.15, -0.1) is 0 Å². The minimum Gasteiger partial charge on any atom is -0.466 e. The molecule has 0 radical (unpaired) electrons. The normalized spacial score (nSPS) is 12.4. The van der Waals surface area contributed by atoms with E-state index in [0.29, 0.717) is 10.6 Å².